The average molecular weight is 227 g/mol. The molecule has 3 nitrogen and oxygen atoms in total. The highest BCUT2D eigenvalue weighted by Crippen LogP contribution is 2.40. The van der Waals surface area contributed by atoms with Crippen molar-refractivity contribution in [1.82, 2.24) is 0 Å². The van der Waals surface area contributed by atoms with Crippen LogP contribution in [0.5, 0.6) is 11.5 Å². The van der Waals surface area contributed by atoms with Crippen LogP contribution in [0.4, 0.5) is 0 Å². The van der Waals surface area contributed by atoms with Crippen molar-refractivity contribution in [2.45, 2.75) is 6.92 Å². The summed E-state index contributed by atoms with van der Waals surface area (Å²) in [5, 5.41) is 9.43. The first kappa shape index (κ1) is 10.3. The Morgan fingerprint density at radius 1 is 1.53 bits per heavy atom. The van der Waals surface area contributed by atoms with Crippen molar-refractivity contribution in [2.75, 3.05) is 13.4 Å². The van der Waals surface area contributed by atoms with Crippen LogP contribution in [-0.2, 0) is 0 Å². The predicted molar refractivity (Wildman–Crippen MR) is 58.3 cm³/mol. The normalized spacial score (nSPS) is 14.5. The molecule has 80 valence electrons. The maximum absolute atomic E-state index is 8.90. The molecule has 4 heteroatoms. The van der Waals surface area contributed by atoms with Crippen molar-refractivity contribution in [2.24, 2.45) is 0 Å². The third kappa shape index (κ3) is 2.08. The third-order valence-corrected chi connectivity index (χ3v) is 2.39. The van der Waals surface area contributed by atoms with E-state index < -0.39 is 0 Å². The fraction of sp³-hybridized carbons (Fsp3) is 0.273. The highest BCUT2D eigenvalue weighted by Gasteiger charge is 2.17. The third-order valence-electron chi connectivity index (χ3n) is 2.11. The molecule has 0 aliphatic carbocycles. The van der Waals surface area contributed by atoms with Crippen LogP contribution in [-0.4, -0.2) is 18.5 Å². The van der Waals surface area contributed by atoms with Crippen LogP contribution in [0.3, 0.4) is 0 Å². The van der Waals surface area contributed by atoms with Gasteiger partial charge >= 0.3 is 0 Å². The van der Waals surface area contributed by atoms with E-state index in [9.17, 15) is 0 Å². The van der Waals surface area contributed by atoms with E-state index in [1.165, 1.54) is 0 Å². The van der Waals surface area contributed by atoms with Gasteiger partial charge in [-0.2, -0.15) is 0 Å². The van der Waals surface area contributed by atoms with Crippen LogP contribution in [0.2, 0.25) is 5.02 Å². The molecule has 15 heavy (non-hydrogen) atoms. The quantitative estimate of drug-likeness (QED) is 0.842. The van der Waals surface area contributed by atoms with Crippen LogP contribution in [0.25, 0.3) is 6.08 Å². The van der Waals surface area contributed by atoms with Crippen molar-refractivity contribution in [1.29, 1.82) is 0 Å². The minimum absolute atomic E-state index is 0.0338. The summed E-state index contributed by atoms with van der Waals surface area (Å²) in [5.74, 6) is 1.25. The lowest BCUT2D eigenvalue weighted by molar-refractivity contribution is 0.174. The fourth-order valence-electron chi connectivity index (χ4n) is 1.40. The van der Waals surface area contributed by atoms with Gasteiger partial charge < -0.3 is 14.6 Å². The van der Waals surface area contributed by atoms with E-state index in [1.807, 2.05) is 19.1 Å². The van der Waals surface area contributed by atoms with Gasteiger partial charge in [0, 0.05) is 0 Å². The summed E-state index contributed by atoms with van der Waals surface area (Å²) >= 11 is 6.00. The summed E-state index contributed by atoms with van der Waals surface area (Å²) in [6.07, 6.45) is 1.86. The number of aliphatic hydroxyl groups is 1. The van der Waals surface area contributed by atoms with Crippen molar-refractivity contribution in [3.8, 4) is 11.5 Å². The zero-order chi connectivity index (χ0) is 10.8. The van der Waals surface area contributed by atoms with Gasteiger partial charge in [0.2, 0.25) is 6.79 Å². The van der Waals surface area contributed by atoms with Gasteiger partial charge in [0.1, 0.15) is 0 Å². The highest BCUT2D eigenvalue weighted by atomic mass is 35.5. The summed E-state index contributed by atoms with van der Waals surface area (Å²) in [7, 11) is 0. The Balaban J connectivity index is 2.39. The van der Waals surface area contributed by atoms with Crippen molar-refractivity contribution in [3.05, 3.63) is 28.3 Å². The summed E-state index contributed by atoms with van der Waals surface area (Å²) in [6.45, 7) is 2.09. The van der Waals surface area contributed by atoms with Crippen LogP contribution in [0.1, 0.15) is 12.5 Å². The van der Waals surface area contributed by atoms with Crippen LogP contribution in [0, 0.1) is 0 Å². The maximum atomic E-state index is 8.90. The summed E-state index contributed by atoms with van der Waals surface area (Å²) in [4.78, 5) is 0. The molecule has 0 bridgehead atoms. The summed E-state index contributed by atoms with van der Waals surface area (Å²) in [5.41, 5.74) is 1.76. The lowest BCUT2D eigenvalue weighted by atomic mass is 10.1. The molecule has 1 heterocycles. The van der Waals surface area contributed by atoms with Crippen molar-refractivity contribution in [3.63, 3.8) is 0 Å². The first-order valence-corrected chi connectivity index (χ1v) is 4.95. The van der Waals surface area contributed by atoms with Gasteiger partial charge in [0.25, 0.3) is 0 Å². The second-order valence-electron chi connectivity index (χ2n) is 3.39. The zero-order valence-electron chi connectivity index (χ0n) is 8.29. The molecule has 1 aliphatic rings. The Bertz CT molecular complexity index is 413. The first-order valence-electron chi connectivity index (χ1n) is 4.58. The molecule has 0 unspecified atom stereocenters. The molecular weight excluding hydrogens is 216 g/mol. The minimum atomic E-state index is 0.0338. The molecular formula is C11H11ClO3. The monoisotopic (exact) mass is 226 g/mol. The van der Waals surface area contributed by atoms with E-state index >= 15 is 0 Å². The molecule has 0 spiro atoms. The molecule has 1 N–H and O–H groups in total. The second-order valence-corrected chi connectivity index (χ2v) is 3.79. The Labute approximate surface area is 92.9 Å². The van der Waals surface area contributed by atoms with Gasteiger partial charge in [-0.15, -0.1) is 0 Å². The van der Waals surface area contributed by atoms with Gasteiger partial charge in [0.05, 0.1) is 11.6 Å². The lowest BCUT2D eigenvalue weighted by Gasteiger charge is -2.02. The van der Waals surface area contributed by atoms with E-state index in [1.54, 1.807) is 6.07 Å². The fourth-order valence-corrected chi connectivity index (χ4v) is 1.67. The standard InChI is InChI=1S/C11H11ClO3/c1-7(5-13)2-8-3-9(12)11-10(4-8)14-6-15-11/h2-4,13H,5-6H2,1H3. The molecule has 0 fully saturated rings. The van der Waals surface area contributed by atoms with Crippen LogP contribution < -0.4 is 9.47 Å². The predicted octanol–water partition coefficient (Wildman–Crippen LogP) is 2.46. The van der Waals surface area contributed by atoms with E-state index in [-0.39, 0.29) is 13.4 Å². The van der Waals surface area contributed by atoms with Crippen molar-refractivity contribution >= 4 is 17.7 Å². The van der Waals surface area contributed by atoms with Gasteiger partial charge in [-0.3, -0.25) is 0 Å². The Morgan fingerprint density at radius 3 is 3.07 bits per heavy atom. The SMILES string of the molecule is CC(=Cc1cc(Cl)c2c(c1)OCO2)CO. The molecule has 1 aromatic rings. The molecule has 0 atom stereocenters. The Kier molecular flexibility index (Phi) is 2.84. The smallest absolute Gasteiger partial charge is 0.231 e. The lowest BCUT2D eigenvalue weighted by Crippen LogP contribution is -1.93. The molecule has 0 aromatic heterocycles. The number of benzene rings is 1. The van der Waals surface area contributed by atoms with E-state index in [2.05, 4.69) is 0 Å². The van der Waals surface area contributed by atoms with Gasteiger partial charge in [-0.05, 0) is 30.2 Å². The van der Waals surface area contributed by atoms with E-state index in [4.69, 9.17) is 26.2 Å². The molecule has 0 amide bonds. The summed E-state index contributed by atoms with van der Waals surface area (Å²) in [6, 6.07) is 3.63. The Hall–Kier alpha value is -1.19. The maximum Gasteiger partial charge on any atom is 0.231 e. The molecule has 2 rings (SSSR count). The van der Waals surface area contributed by atoms with E-state index in [0.717, 1.165) is 11.1 Å². The number of hydrogen-bond donors (Lipinski definition) is 1. The summed E-state index contributed by atoms with van der Waals surface area (Å²) < 4.78 is 10.4. The average Bonchev–Trinajstić information content (AvgIpc) is 2.66. The molecule has 1 aliphatic heterocycles. The number of halogens is 1. The second kappa shape index (κ2) is 4.13. The number of rotatable bonds is 2. The molecule has 0 radical (unpaired) electrons. The van der Waals surface area contributed by atoms with Crippen LogP contribution in [0.15, 0.2) is 17.7 Å². The topological polar surface area (TPSA) is 38.7 Å². The van der Waals surface area contributed by atoms with Gasteiger partial charge in [-0.25, -0.2) is 0 Å². The molecule has 0 saturated carbocycles. The number of hydrogen-bond acceptors (Lipinski definition) is 3. The molecule has 0 saturated heterocycles. The number of ether oxygens (including phenoxy) is 2. The van der Waals surface area contributed by atoms with Crippen LogP contribution >= 0.6 is 11.6 Å². The minimum Gasteiger partial charge on any atom is -0.454 e. The first-order chi connectivity index (χ1) is 7.20. The van der Waals surface area contributed by atoms with Crippen molar-refractivity contribution < 1.29 is 14.6 Å². The van der Waals surface area contributed by atoms with E-state index in [0.29, 0.717) is 16.5 Å². The Morgan fingerprint density at radius 2 is 2.33 bits per heavy atom. The largest absolute Gasteiger partial charge is 0.454 e. The molecule has 1 aromatic carbocycles. The highest BCUT2D eigenvalue weighted by molar-refractivity contribution is 6.32. The van der Waals surface area contributed by atoms with Gasteiger partial charge in [-0.1, -0.05) is 17.7 Å². The van der Waals surface area contributed by atoms with Gasteiger partial charge in [0.15, 0.2) is 11.5 Å². The zero-order valence-corrected chi connectivity index (χ0v) is 9.04. The number of aliphatic hydroxyl groups excluding tert-OH is 1. The number of fused-ring (bicyclic) bond motifs is 1.